The maximum Gasteiger partial charge on any atom is 0.300 e. The lowest BCUT2D eigenvalue weighted by atomic mass is 10.0. The highest BCUT2D eigenvalue weighted by molar-refractivity contribution is 5.97. The van der Waals surface area contributed by atoms with Crippen molar-refractivity contribution in [1.82, 2.24) is 20.6 Å². The highest BCUT2D eigenvalue weighted by Gasteiger charge is 2.21. The van der Waals surface area contributed by atoms with Gasteiger partial charge in [-0.2, -0.15) is 0 Å². The van der Waals surface area contributed by atoms with Crippen LogP contribution >= 0.6 is 0 Å². The van der Waals surface area contributed by atoms with Crippen LogP contribution in [0.2, 0.25) is 0 Å². The van der Waals surface area contributed by atoms with Gasteiger partial charge in [0.05, 0.1) is 36.0 Å². The number of nitrogens with zero attached hydrogens (tertiary/aromatic N) is 5. The van der Waals surface area contributed by atoms with Crippen LogP contribution in [-0.4, -0.2) is 81.3 Å². The number of unbranched alkanes of at least 4 members (excludes halogenated alkanes) is 8. The van der Waals surface area contributed by atoms with Gasteiger partial charge in [0, 0.05) is 60.7 Å². The average Bonchev–Trinajstić information content (AvgIpc) is 3.76. The Morgan fingerprint density at radius 3 is 2.41 bits per heavy atom. The van der Waals surface area contributed by atoms with E-state index in [-0.39, 0.29) is 28.1 Å². The Morgan fingerprint density at radius 2 is 1.67 bits per heavy atom. The first kappa shape index (κ1) is 44.4. The first-order valence-corrected chi connectivity index (χ1v) is 21.3. The molecule has 2 atom stereocenters. The molecule has 0 spiro atoms. The second-order valence-corrected chi connectivity index (χ2v) is 15.1. The summed E-state index contributed by atoms with van der Waals surface area (Å²) < 4.78 is 17.0. The number of nitrogens with one attached hydrogen (secondary N) is 2. The van der Waals surface area contributed by atoms with Crippen molar-refractivity contribution in [2.24, 2.45) is 0 Å². The van der Waals surface area contributed by atoms with Crippen molar-refractivity contribution in [3.05, 3.63) is 87.1 Å². The topological polar surface area (TPSA) is 219 Å². The van der Waals surface area contributed by atoms with Crippen molar-refractivity contribution in [2.45, 2.75) is 96.6 Å². The molecule has 0 unspecified atom stereocenters. The second-order valence-electron chi connectivity index (χ2n) is 15.1. The number of benzene rings is 4. The van der Waals surface area contributed by atoms with Gasteiger partial charge < -0.3 is 34.9 Å². The van der Waals surface area contributed by atoms with Gasteiger partial charge in [-0.05, 0) is 79.8 Å². The summed E-state index contributed by atoms with van der Waals surface area (Å²) in [6.45, 7) is 6.59. The van der Waals surface area contributed by atoms with Crippen molar-refractivity contribution in [1.29, 1.82) is 0 Å². The molecule has 0 saturated heterocycles. The summed E-state index contributed by atoms with van der Waals surface area (Å²) in [5.41, 5.74) is 3.59. The summed E-state index contributed by atoms with van der Waals surface area (Å²) in [4.78, 5) is 43.2. The summed E-state index contributed by atoms with van der Waals surface area (Å²) in [5, 5.41) is 45.9. The van der Waals surface area contributed by atoms with Crippen molar-refractivity contribution in [3.63, 3.8) is 0 Å². The van der Waals surface area contributed by atoms with Crippen LogP contribution in [0.3, 0.4) is 0 Å². The largest absolute Gasteiger partial charge is 0.494 e. The lowest BCUT2D eigenvalue weighted by molar-refractivity contribution is -0.383. The van der Waals surface area contributed by atoms with Gasteiger partial charge in [0.2, 0.25) is 11.4 Å². The normalized spacial score (nSPS) is 12.7. The molecule has 0 fully saturated rings. The van der Waals surface area contributed by atoms with E-state index in [1.165, 1.54) is 24.3 Å². The number of amides is 1. The number of carbonyl (C=O) groups excluding carboxylic acids is 1. The lowest BCUT2D eigenvalue weighted by Crippen LogP contribution is -2.45. The van der Waals surface area contributed by atoms with Crippen molar-refractivity contribution in [2.75, 3.05) is 43.1 Å². The molecule has 3 aromatic carbocycles. The molecule has 16 nitrogen and oxygen atoms in total. The number of rotatable bonds is 25. The van der Waals surface area contributed by atoms with Crippen LogP contribution in [-0.2, 0) is 4.79 Å². The Hall–Kier alpha value is -6.13. The molecule has 0 bridgehead atoms. The first-order chi connectivity index (χ1) is 29.7. The van der Waals surface area contributed by atoms with E-state index in [2.05, 4.69) is 44.3 Å². The van der Waals surface area contributed by atoms with Crippen LogP contribution in [0.4, 0.5) is 17.1 Å². The molecule has 1 aromatic heterocycles. The molecule has 1 aliphatic carbocycles. The number of fused-ring (bicyclic) bond motifs is 5. The molecule has 4 N–H and O–H groups in total. The molecular weight excluding hydrogens is 783 g/mol. The van der Waals surface area contributed by atoms with Crippen molar-refractivity contribution >= 4 is 55.9 Å². The maximum absolute atomic E-state index is 13.0. The van der Waals surface area contributed by atoms with Crippen LogP contribution in [0.15, 0.2) is 80.6 Å². The molecular formula is C45H55N7O9. The fourth-order valence-electron chi connectivity index (χ4n) is 7.45. The number of hydrogen-bond donors (Lipinski definition) is 4. The zero-order valence-electron chi connectivity index (χ0n) is 34.8. The van der Waals surface area contributed by atoms with E-state index in [1.54, 1.807) is 12.1 Å². The Balaban J connectivity index is 0.821. The number of non-ortho nitro benzene ring substituents is 1. The standard InChI is InChI=1S/C45H55N7O9/c1-3-51(4-2)30-18-21-34-40(26-30)60-41-28-39(55)32-20-19-31(27-33(32)43(41)48-34)59-25-15-11-9-7-5-6-8-10-12-17-42(56)47-36(29-53)38(54)16-13-14-24-46-35-22-23-37(52(57)58)45-44(35)49-61-50-45/h13,16,18-23,26-28,36,38,46,53-54H,3-12,14-15,17,24-25,29H2,1-2H3,(H,47,56)/b16-13+/t36-,38+/m0/s1. The van der Waals surface area contributed by atoms with Gasteiger partial charge in [0.15, 0.2) is 22.3 Å². The molecule has 4 aromatic rings. The quantitative estimate of drug-likeness (QED) is 0.0108. The maximum atomic E-state index is 13.0. The molecule has 16 heteroatoms. The molecule has 1 aliphatic heterocycles. The summed E-state index contributed by atoms with van der Waals surface area (Å²) in [6.07, 6.45) is 12.1. The summed E-state index contributed by atoms with van der Waals surface area (Å²) in [7, 11) is 0. The molecule has 6 rings (SSSR count). The third-order valence-corrected chi connectivity index (χ3v) is 10.9. The zero-order valence-corrected chi connectivity index (χ0v) is 34.8. The first-order valence-electron chi connectivity index (χ1n) is 21.3. The van der Waals surface area contributed by atoms with Crippen LogP contribution < -0.4 is 25.7 Å². The smallest absolute Gasteiger partial charge is 0.300 e. The highest BCUT2D eigenvalue weighted by atomic mass is 16.6. The van der Waals surface area contributed by atoms with Crippen LogP contribution in [0.5, 0.6) is 5.75 Å². The van der Waals surface area contributed by atoms with Crippen LogP contribution in [0.1, 0.15) is 84.5 Å². The van der Waals surface area contributed by atoms with Gasteiger partial charge in [0.25, 0.3) is 0 Å². The number of nitro groups is 1. The number of anilines is 2. The number of aromatic nitrogens is 3. The Kier molecular flexibility index (Phi) is 16.0. The molecule has 0 saturated carbocycles. The monoisotopic (exact) mass is 837 g/mol. The minimum absolute atomic E-state index is 0.0542. The van der Waals surface area contributed by atoms with Gasteiger partial charge in [-0.25, -0.2) is 9.61 Å². The third-order valence-electron chi connectivity index (χ3n) is 10.9. The van der Waals surface area contributed by atoms with E-state index in [0.29, 0.717) is 59.9 Å². The average molecular weight is 838 g/mol. The Bertz CT molecular complexity index is 2450. The molecule has 1 amide bonds. The number of ether oxygens (including phenoxy) is 1. The van der Waals surface area contributed by atoms with Gasteiger partial charge >= 0.3 is 5.69 Å². The van der Waals surface area contributed by atoms with Gasteiger partial charge in [0.1, 0.15) is 17.0 Å². The minimum Gasteiger partial charge on any atom is -0.494 e. The minimum atomic E-state index is -1.07. The molecule has 324 valence electrons. The van der Waals surface area contributed by atoms with E-state index in [4.69, 9.17) is 14.1 Å². The Labute approximate surface area is 353 Å². The van der Waals surface area contributed by atoms with Gasteiger partial charge in [-0.1, -0.05) is 57.1 Å². The van der Waals surface area contributed by atoms with E-state index in [1.807, 2.05) is 30.3 Å². The van der Waals surface area contributed by atoms with Crippen molar-refractivity contribution in [3.8, 4) is 17.2 Å². The van der Waals surface area contributed by atoms with Gasteiger partial charge in [-0.3, -0.25) is 19.7 Å². The number of carbonyl (C=O) groups is 1. The van der Waals surface area contributed by atoms with E-state index >= 15 is 0 Å². The summed E-state index contributed by atoms with van der Waals surface area (Å²) in [6, 6.07) is 15.1. The summed E-state index contributed by atoms with van der Waals surface area (Å²) >= 11 is 0. The third kappa shape index (κ3) is 11.6. The van der Waals surface area contributed by atoms with Crippen LogP contribution in [0.25, 0.3) is 44.4 Å². The van der Waals surface area contributed by atoms with Gasteiger partial charge in [-0.15, -0.1) is 0 Å². The highest BCUT2D eigenvalue weighted by Crippen LogP contribution is 2.34. The SMILES string of the molecule is CCN(CC)c1ccc2nc3c4cc(OCCCCCCCCCCCC(=O)N[C@@H](CO)[C@H](O)/C=C/CCNc5ccc([N+](=O)[O-])c6nonc56)ccc4c(=O)cc-3oc2c1. The fraction of sp³-hybridized carbons (Fsp3) is 0.444. The molecule has 0 radical (unpaired) electrons. The predicted molar refractivity (Wildman–Crippen MR) is 235 cm³/mol. The Morgan fingerprint density at radius 1 is 0.934 bits per heavy atom. The lowest BCUT2D eigenvalue weighted by Gasteiger charge is -2.21. The van der Waals surface area contributed by atoms with Crippen LogP contribution in [0, 0.1) is 10.1 Å². The predicted octanol–water partition coefficient (Wildman–Crippen LogP) is 7.91. The zero-order chi connectivity index (χ0) is 43.1. The number of hydrogen-bond acceptors (Lipinski definition) is 14. The molecule has 2 heterocycles. The molecule has 2 aliphatic rings. The van der Waals surface area contributed by atoms with E-state index < -0.39 is 23.7 Å². The molecule has 61 heavy (non-hydrogen) atoms. The second kappa shape index (κ2) is 21.9. The number of aliphatic hydroxyl groups is 2. The van der Waals surface area contributed by atoms with E-state index in [9.17, 15) is 29.9 Å². The summed E-state index contributed by atoms with van der Waals surface area (Å²) in [5.74, 6) is 0.944. The fourth-order valence-corrected chi connectivity index (χ4v) is 7.45. The number of nitro benzene ring substituents is 1. The van der Waals surface area contributed by atoms with Crippen molar-refractivity contribution < 1.29 is 33.7 Å². The number of aliphatic hydroxyl groups excluding tert-OH is 2. The van der Waals surface area contributed by atoms with E-state index in [0.717, 1.165) is 87.5 Å².